The molecule has 0 saturated carbocycles. The van der Waals surface area contributed by atoms with Gasteiger partial charge < -0.3 is 15.4 Å². The Balaban J connectivity index is 4.76. The van der Waals surface area contributed by atoms with E-state index in [1.165, 1.54) is 0 Å². The monoisotopic (exact) mass is 382 g/mol. The van der Waals surface area contributed by atoms with Crippen LogP contribution in [0.15, 0.2) is 30.0 Å². The van der Waals surface area contributed by atoms with Gasteiger partial charge in [0, 0.05) is 19.6 Å². The molecule has 0 heterocycles. The van der Waals surface area contributed by atoms with E-state index in [9.17, 15) is 9.59 Å². The normalized spacial score (nSPS) is 11.7. The van der Waals surface area contributed by atoms with Gasteiger partial charge in [0.15, 0.2) is 0 Å². The lowest BCUT2D eigenvalue weighted by atomic mass is 10.2. The van der Waals surface area contributed by atoms with E-state index in [-0.39, 0.29) is 5.91 Å². The Morgan fingerprint density at radius 1 is 1.19 bits per heavy atom. The maximum atomic E-state index is 11.9. The molecule has 0 bridgehead atoms. The Morgan fingerprint density at radius 3 is 2.37 bits per heavy atom. The van der Waals surface area contributed by atoms with Crippen LogP contribution in [-0.2, 0) is 14.5 Å². The number of nitrogens with one attached hydrogen (secondary N) is 2. The number of amides is 2. The zero-order valence-electron chi connectivity index (χ0n) is 17.3. The molecule has 8 heteroatoms. The van der Waals surface area contributed by atoms with Crippen molar-refractivity contribution in [2.45, 2.75) is 53.1 Å². The number of carbonyl (C=O) groups is 2. The van der Waals surface area contributed by atoms with Crippen molar-refractivity contribution in [3.8, 4) is 0 Å². The van der Waals surface area contributed by atoms with Crippen LogP contribution < -0.4 is 10.6 Å². The van der Waals surface area contributed by atoms with Crippen molar-refractivity contribution in [2.24, 2.45) is 5.16 Å². The third-order valence-corrected chi connectivity index (χ3v) is 3.20. The van der Waals surface area contributed by atoms with Crippen LogP contribution in [0, 0.1) is 0 Å². The van der Waals surface area contributed by atoms with Crippen LogP contribution in [0.3, 0.4) is 0 Å². The van der Waals surface area contributed by atoms with E-state index in [2.05, 4.69) is 28.9 Å². The van der Waals surface area contributed by atoms with Gasteiger partial charge in [-0.2, -0.15) is 0 Å². The van der Waals surface area contributed by atoms with Crippen LogP contribution in [0.25, 0.3) is 0 Å². The van der Waals surface area contributed by atoms with Crippen LogP contribution in [-0.4, -0.2) is 54.6 Å². The number of alkyl carbamates (subject to hydrolysis) is 1. The highest BCUT2D eigenvalue weighted by atomic mass is 16.8. The van der Waals surface area contributed by atoms with Crippen LogP contribution in [0.2, 0.25) is 0 Å². The van der Waals surface area contributed by atoms with Gasteiger partial charge in [-0.25, -0.2) is 4.79 Å². The van der Waals surface area contributed by atoms with Gasteiger partial charge in [-0.05, 0) is 40.5 Å². The highest BCUT2D eigenvalue weighted by molar-refractivity contribution is 6.38. The fourth-order valence-corrected chi connectivity index (χ4v) is 1.80. The Kier molecular flexibility index (Phi) is 11.8. The first-order valence-electron chi connectivity index (χ1n) is 9.17. The van der Waals surface area contributed by atoms with E-state index in [0.717, 1.165) is 5.57 Å². The number of carbonyl (C=O) groups excluding carboxylic acids is 2. The molecule has 0 aromatic heterocycles. The molecule has 0 rings (SSSR count). The molecule has 0 aliphatic rings. The molecule has 0 aromatic carbocycles. The SMILES string of the molecule is C=CC(=C)CCN(CCNC(=O)OC(C)(C)C)O/N=C(\CC)C(=O)NCC. The van der Waals surface area contributed by atoms with Crippen molar-refractivity contribution in [3.63, 3.8) is 0 Å². The zero-order valence-corrected chi connectivity index (χ0v) is 17.3. The minimum absolute atomic E-state index is 0.262. The number of nitrogens with zero attached hydrogens (tertiary/aromatic N) is 2. The molecule has 2 amide bonds. The Morgan fingerprint density at radius 2 is 1.85 bits per heavy atom. The molecular formula is C19H34N4O4. The molecule has 0 spiro atoms. The van der Waals surface area contributed by atoms with Gasteiger partial charge in [0.1, 0.15) is 11.3 Å². The highest BCUT2D eigenvalue weighted by Gasteiger charge is 2.16. The highest BCUT2D eigenvalue weighted by Crippen LogP contribution is 2.06. The summed E-state index contributed by atoms with van der Waals surface area (Å²) < 4.78 is 5.19. The lowest BCUT2D eigenvalue weighted by Crippen LogP contribution is -2.38. The summed E-state index contributed by atoms with van der Waals surface area (Å²) in [5.41, 5.74) is 0.589. The van der Waals surface area contributed by atoms with Gasteiger partial charge in [-0.3, -0.25) is 9.73 Å². The summed E-state index contributed by atoms with van der Waals surface area (Å²) in [6.07, 6.45) is 2.23. The molecule has 0 aromatic rings. The summed E-state index contributed by atoms with van der Waals surface area (Å²) >= 11 is 0. The summed E-state index contributed by atoms with van der Waals surface area (Å²) in [4.78, 5) is 29.1. The smallest absolute Gasteiger partial charge is 0.407 e. The predicted octanol–water partition coefficient (Wildman–Crippen LogP) is 2.78. The summed E-state index contributed by atoms with van der Waals surface area (Å²) in [6.45, 7) is 18.3. The minimum Gasteiger partial charge on any atom is -0.444 e. The minimum atomic E-state index is -0.561. The van der Waals surface area contributed by atoms with Gasteiger partial charge in [0.05, 0.1) is 6.54 Å². The maximum Gasteiger partial charge on any atom is 0.407 e. The van der Waals surface area contributed by atoms with Crippen molar-refractivity contribution in [2.75, 3.05) is 26.2 Å². The van der Waals surface area contributed by atoms with E-state index in [1.807, 2.05) is 13.8 Å². The van der Waals surface area contributed by atoms with E-state index < -0.39 is 11.7 Å². The molecule has 0 unspecified atom stereocenters. The van der Waals surface area contributed by atoms with Crippen molar-refractivity contribution in [1.82, 2.24) is 15.7 Å². The standard InChI is InChI=1S/C19H34N4O4/c1-8-15(4)11-13-23(14-12-21-18(25)26-19(5,6)7)27-22-16(9-2)17(24)20-10-3/h8H,1,4,9-14H2,2-3,5-7H3,(H,20,24)(H,21,25)/b22-16+. The first-order chi connectivity index (χ1) is 12.6. The van der Waals surface area contributed by atoms with Crippen LogP contribution >= 0.6 is 0 Å². The third kappa shape index (κ3) is 12.6. The average Bonchev–Trinajstić information content (AvgIpc) is 2.57. The Labute approximate surface area is 162 Å². The lowest BCUT2D eigenvalue weighted by Gasteiger charge is -2.22. The Bertz CT molecular complexity index is 538. The number of hydrogen-bond donors (Lipinski definition) is 2. The number of hydrogen-bond acceptors (Lipinski definition) is 6. The largest absolute Gasteiger partial charge is 0.444 e. The topological polar surface area (TPSA) is 92.3 Å². The molecule has 0 saturated heterocycles. The summed E-state index contributed by atoms with van der Waals surface area (Å²) in [6, 6.07) is 0. The Hall–Kier alpha value is -2.35. The molecule has 27 heavy (non-hydrogen) atoms. The number of rotatable bonds is 12. The van der Waals surface area contributed by atoms with Crippen molar-refractivity contribution >= 4 is 17.7 Å². The molecule has 0 aliphatic heterocycles. The molecule has 0 radical (unpaired) electrons. The van der Waals surface area contributed by atoms with Gasteiger partial charge in [-0.1, -0.05) is 36.9 Å². The number of ether oxygens (including phenoxy) is 1. The molecule has 0 fully saturated rings. The van der Waals surface area contributed by atoms with Crippen molar-refractivity contribution < 1.29 is 19.3 Å². The molecule has 154 valence electrons. The van der Waals surface area contributed by atoms with Crippen LogP contribution in [0.4, 0.5) is 4.79 Å². The maximum absolute atomic E-state index is 11.9. The number of allylic oxidation sites excluding steroid dienone is 1. The third-order valence-electron chi connectivity index (χ3n) is 3.20. The van der Waals surface area contributed by atoms with Crippen molar-refractivity contribution in [1.29, 1.82) is 0 Å². The fourth-order valence-electron chi connectivity index (χ4n) is 1.80. The second-order valence-corrected chi connectivity index (χ2v) is 6.80. The van der Waals surface area contributed by atoms with Crippen molar-refractivity contribution in [3.05, 3.63) is 24.8 Å². The molecule has 0 aliphatic carbocycles. The summed E-state index contributed by atoms with van der Waals surface area (Å²) in [7, 11) is 0. The van der Waals surface area contributed by atoms with Crippen LogP contribution in [0.5, 0.6) is 0 Å². The quantitative estimate of drug-likeness (QED) is 0.308. The number of oxime groups is 1. The molecule has 0 atom stereocenters. The van der Waals surface area contributed by atoms with Crippen LogP contribution in [0.1, 0.15) is 47.5 Å². The molecular weight excluding hydrogens is 348 g/mol. The van der Waals surface area contributed by atoms with Gasteiger partial charge >= 0.3 is 6.09 Å². The second kappa shape index (κ2) is 12.9. The fraction of sp³-hybridized carbons (Fsp3) is 0.632. The van der Waals surface area contributed by atoms with E-state index >= 15 is 0 Å². The lowest BCUT2D eigenvalue weighted by molar-refractivity contribution is -0.157. The van der Waals surface area contributed by atoms with E-state index in [4.69, 9.17) is 9.68 Å². The van der Waals surface area contributed by atoms with Gasteiger partial charge in [0.25, 0.3) is 5.91 Å². The van der Waals surface area contributed by atoms with Gasteiger partial charge in [-0.15, -0.1) is 5.06 Å². The van der Waals surface area contributed by atoms with Gasteiger partial charge in [0.2, 0.25) is 0 Å². The zero-order chi connectivity index (χ0) is 20.9. The predicted molar refractivity (Wildman–Crippen MR) is 107 cm³/mol. The first kappa shape index (κ1) is 24.7. The van der Waals surface area contributed by atoms with E-state index in [1.54, 1.807) is 31.9 Å². The average molecular weight is 383 g/mol. The first-order valence-corrected chi connectivity index (χ1v) is 9.17. The number of hydroxylamine groups is 2. The molecule has 8 nitrogen and oxygen atoms in total. The summed E-state index contributed by atoms with van der Waals surface area (Å²) in [5, 5.41) is 10.9. The molecule has 2 N–H and O–H groups in total. The second-order valence-electron chi connectivity index (χ2n) is 6.80. The summed E-state index contributed by atoms with van der Waals surface area (Å²) in [5.74, 6) is -0.262. The van der Waals surface area contributed by atoms with E-state index in [0.29, 0.717) is 44.7 Å².